The summed E-state index contributed by atoms with van der Waals surface area (Å²) in [5.41, 5.74) is 0.533. The third-order valence-corrected chi connectivity index (χ3v) is 6.58. The molecule has 2 N–H and O–H groups in total. The highest BCUT2D eigenvalue weighted by Gasteiger charge is 2.43. The average Bonchev–Trinajstić information content (AvgIpc) is 2.84. The molecule has 1 aliphatic rings. The molecule has 1 atom stereocenters. The van der Waals surface area contributed by atoms with Crippen molar-refractivity contribution in [1.82, 2.24) is 10.2 Å². The Morgan fingerprint density at radius 2 is 1.76 bits per heavy atom. The van der Waals surface area contributed by atoms with Gasteiger partial charge in [-0.1, -0.05) is 37.5 Å². The minimum absolute atomic E-state index is 0.0147. The molecule has 0 bridgehead atoms. The van der Waals surface area contributed by atoms with E-state index in [0.717, 1.165) is 49.2 Å². The van der Waals surface area contributed by atoms with Crippen molar-refractivity contribution in [2.24, 2.45) is 0 Å². The highest BCUT2D eigenvalue weighted by atomic mass is 16.5. The van der Waals surface area contributed by atoms with Gasteiger partial charge in [0.2, 0.25) is 5.91 Å². The molecule has 0 aliphatic heterocycles. The number of hydrogen-bond acceptors (Lipinski definition) is 5. The summed E-state index contributed by atoms with van der Waals surface area (Å²) in [6.45, 7) is 3.01. The van der Waals surface area contributed by atoms with Crippen LogP contribution in [0.5, 0.6) is 11.5 Å². The summed E-state index contributed by atoms with van der Waals surface area (Å²) in [5.74, 6) is 0.538. The second-order valence-electron chi connectivity index (χ2n) is 8.66. The molecule has 3 rings (SSSR count). The smallest absolute Gasteiger partial charge is 0.335 e. The third-order valence-electron chi connectivity index (χ3n) is 6.58. The SMILES string of the molecule is COc1cccc(OCCN(C)C2(C(=O)N[C@@H](C)c3ccc(C(=O)O)cc3)CCCCC2)c1. The number of ether oxygens (including phenoxy) is 2. The summed E-state index contributed by atoms with van der Waals surface area (Å²) < 4.78 is 11.2. The van der Waals surface area contributed by atoms with E-state index < -0.39 is 11.5 Å². The lowest BCUT2D eigenvalue weighted by Crippen LogP contribution is -2.59. The van der Waals surface area contributed by atoms with E-state index in [2.05, 4.69) is 10.2 Å². The van der Waals surface area contributed by atoms with Crippen LogP contribution in [-0.4, -0.2) is 54.7 Å². The lowest BCUT2D eigenvalue weighted by Gasteiger charge is -2.43. The van der Waals surface area contributed by atoms with Crippen molar-refractivity contribution in [3.8, 4) is 11.5 Å². The maximum Gasteiger partial charge on any atom is 0.335 e. The van der Waals surface area contributed by atoms with Crippen LogP contribution in [0.15, 0.2) is 48.5 Å². The van der Waals surface area contributed by atoms with Gasteiger partial charge in [-0.2, -0.15) is 0 Å². The molecule has 178 valence electrons. The molecule has 0 aromatic heterocycles. The van der Waals surface area contributed by atoms with Crippen molar-refractivity contribution < 1.29 is 24.2 Å². The maximum absolute atomic E-state index is 13.5. The number of rotatable bonds is 10. The molecule has 1 saturated carbocycles. The first-order valence-electron chi connectivity index (χ1n) is 11.5. The number of carbonyl (C=O) groups excluding carboxylic acids is 1. The molecular weight excluding hydrogens is 420 g/mol. The second kappa shape index (κ2) is 11.2. The number of nitrogens with zero attached hydrogens (tertiary/aromatic N) is 1. The summed E-state index contributed by atoms with van der Waals surface area (Å²) in [6, 6.07) is 13.9. The summed E-state index contributed by atoms with van der Waals surface area (Å²) in [5, 5.41) is 12.3. The maximum atomic E-state index is 13.5. The topological polar surface area (TPSA) is 88.1 Å². The number of nitrogens with one attached hydrogen (secondary N) is 1. The Morgan fingerprint density at radius 3 is 2.39 bits per heavy atom. The Balaban J connectivity index is 1.64. The number of likely N-dealkylation sites (N-methyl/N-ethyl adjacent to an activating group) is 1. The van der Waals surface area contributed by atoms with Gasteiger partial charge in [-0.05, 0) is 56.6 Å². The molecular formula is C26H34N2O5. The second-order valence-corrected chi connectivity index (χ2v) is 8.66. The molecule has 7 heteroatoms. The fourth-order valence-electron chi connectivity index (χ4n) is 4.45. The first-order chi connectivity index (χ1) is 15.9. The lowest BCUT2D eigenvalue weighted by molar-refractivity contribution is -0.136. The standard InChI is InChI=1S/C26H34N2O5/c1-19(20-10-12-21(13-11-20)24(29)30)27-25(31)26(14-5-4-6-15-26)28(2)16-17-33-23-9-7-8-22(18-23)32-3/h7-13,18-19H,4-6,14-17H2,1-3H3,(H,27,31)(H,29,30)/t19-/m0/s1. The molecule has 0 saturated heterocycles. The van der Waals surface area contributed by atoms with E-state index >= 15 is 0 Å². The van der Waals surface area contributed by atoms with Crippen molar-refractivity contribution in [1.29, 1.82) is 0 Å². The van der Waals surface area contributed by atoms with Crippen molar-refractivity contribution in [3.05, 3.63) is 59.7 Å². The van der Waals surface area contributed by atoms with Gasteiger partial charge in [-0.15, -0.1) is 0 Å². The molecule has 1 amide bonds. The minimum Gasteiger partial charge on any atom is -0.497 e. The van der Waals surface area contributed by atoms with Crippen LogP contribution in [-0.2, 0) is 4.79 Å². The third kappa shape index (κ3) is 6.05. The molecule has 7 nitrogen and oxygen atoms in total. The Morgan fingerprint density at radius 1 is 1.09 bits per heavy atom. The van der Waals surface area contributed by atoms with Crippen LogP contribution >= 0.6 is 0 Å². The van der Waals surface area contributed by atoms with Crippen molar-refractivity contribution in [2.45, 2.75) is 50.6 Å². The van der Waals surface area contributed by atoms with Crippen LogP contribution < -0.4 is 14.8 Å². The van der Waals surface area contributed by atoms with E-state index in [9.17, 15) is 9.59 Å². The minimum atomic E-state index is -0.961. The molecule has 0 unspecified atom stereocenters. The number of benzene rings is 2. The van der Waals surface area contributed by atoms with Gasteiger partial charge >= 0.3 is 5.97 Å². The van der Waals surface area contributed by atoms with Crippen LogP contribution in [0.25, 0.3) is 0 Å². The zero-order chi connectivity index (χ0) is 23.8. The van der Waals surface area contributed by atoms with Gasteiger partial charge in [0, 0.05) is 12.6 Å². The zero-order valence-corrected chi connectivity index (χ0v) is 19.7. The van der Waals surface area contributed by atoms with E-state index in [4.69, 9.17) is 14.6 Å². The van der Waals surface area contributed by atoms with Crippen molar-refractivity contribution in [3.63, 3.8) is 0 Å². The Kier molecular flexibility index (Phi) is 8.33. The number of methoxy groups -OCH3 is 1. The van der Waals surface area contributed by atoms with Gasteiger partial charge in [0.15, 0.2) is 0 Å². The summed E-state index contributed by atoms with van der Waals surface area (Å²) >= 11 is 0. The Hall–Kier alpha value is -3.06. The molecule has 0 radical (unpaired) electrons. The van der Waals surface area contributed by atoms with Crippen LogP contribution in [0.1, 0.15) is 61.0 Å². The molecule has 2 aromatic rings. The van der Waals surface area contributed by atoms with Crippen LogP contribution in [0.2, 0.25) is 0 Å². The summed E-state index contributed by atoms with van der Waals surface area (Å²) in [4.78, 5) is 26.8. The Bertz CT molecular complexity index is 938. The molecule has 0 heterocycles. The van der Waals surface area contributed by atoms with Gasteiger partial charge in [-0.3, -0.25) is 9.69 Å². The number of carbonyl (C=O) groups is 2. The largest absolute Gasteiger partial charge is 0.497 e. The lowest BCUT2D eigenvalue weighted by atomic mass is 9.79. The predicted octanol–water partition coefficient (Wildman–Crippen LogP) is 4.28. The van der Waals surface area contributed by atoms with Gasteiger partial charge in [-0.25, -0.2) is 4.79 Å². The molecule has 1 fully saturated rings. The molecule has 2 aromatic carbocycles. The predicted molar refractivity (Wildman–Crippen MR) is 127 cm³/mol. The van der Waals surface area contributed by atoms with E-state index in [1.54, 1.807) is 31.4 Å². The van der Waals surface area contributed by atoms with Gasteiger partial charge in [0.05, 0.1) is 18.7 Å². The zero-order valence-electron chi connectivity index (χ0n) is 19.7. The molecule has 0 spiro atoms. The number of hydrogen-bond donors (Lipinski definition) is 2. The first-order valence-corrected chi connectivity index (χ1v) is 11.5. The van der Waals surface area contributed by atoms with E-state index in [0.29, 0.717) is 13.2 Å². The van der Waals surface area contributed by atoms with Gasteiger partial charge in [0.1, 0.15) is 23.6 Å². The van der Waals surface area contributed by atoms with Crippen LogP contribution in [0.4, 0.5) is 0 Å². The highest BCUT2D eigenvalue weighted by molar-refractivity contribution is 5.88. The quantitative estimate of drug-likeness (QED) is 0.557. The van der Waals surface area contributed by atoms with Gasteiger partial charge < -0.3 is 19.9 Å². The first kappa shape index (κ1) is 24.6. The number of carboxylic acid groups (broad SMARTS) is 1. The van der Waals surface area contributed by atoms with E-state index in [1.807, 2.05) is 38.2 Å². The van der Waals surface area contributed by atoms with Crippen LogP contribution in [0, 0.1) is 0 Å². The average molecular weight is 455 g/mol. The number of aromatic carboxylic acids is 1. The Labute approximate surface area is 195 Å². The monoisotopic (exact) mass is 454 g/mol. The number of carboxylic acids is 1. The number of amides is 1. The summed E-state index contributed by atoms with van der Waals surface area (Å²) in [6.07, 6.45) is 4.76. The highest BCUT2D eigenvalue weighted by Crippen LogP contribution is 2.34. The van der Waals surface area contributed by atoms with Crippen LogP contribution in [0.3, 0.4) is 0 Å². The fourth-order valence-corrected chi connectivity index (χ4v) is 4.45. The van der Waals surface area contributed by atoms with E-state index in [-0.39, 0.29) is 17.5 Å². The van der Waals surface area contributed by atoms with Crippen molar-refractivity contribution in [2.75, 3.05) is 27.3 Å². The normalized spacial score (nSPS) is 16.1. The summed E-state index contributed by atoms with van der Waals surface area (Å²) in [7, 11) is 3.62. The van der Waals surface area contributed by atoms with Gasteiger partial charge in [0.25, 0.3) is 0 Å². The van der Waals surface area contributed by atoms with E-state index in [1.165, 1.54) is 0 Å². The molecule has 33 heavy (non-hydrogen) atoms. The van der Waals surface area contributed by atoms with Crippen molar-refractivity contribution >= 4 is 11.9 Å². The molecule has 1 aliphatic carbocycles. The fraction of sp³-hybridized carbons (Fsp3) is 0.462.